The molecule has 2 aromatic heterocycles. The lowest BCUT2D eigenvalue weighted by Gasteiger charge is -2.35. The van der Waals surface area contributed by atoms with E-state index in [-0.39, 0.29) is 6.09 Å². The molecule has 0 atom stereocenters. The van der Waals surface area contributed by atoms with Gasteiger partial charge in [-0.15, -0.1) is 0 Å². The van der Waals surface area contributed by atoms with Crippen LogP contribution in [0.1, 0.15) is 20.8 Å². The second-order valence-electron chi connectivity index (χ2n) is 6.70. The summed E-state index contributed by atoms with van der Waals surface area (Å²) in [6, 6.07) is 3.97. The van der Waals surface area contributed by atoms with E-state index in [9.17, 15) is 4.79 Å². The Balaban J connectivity index is 1.59. The molecule has 1 aliphatic heterocycles. The van der Waals surface area contributed by atoms with E-state index in [0.717, 1.165) is 28.7 Å². The first-order valence-corrected chi connectivity index (χ1v) is 8.83. The molecule has 1 amide bonds. The number of amides is 1. The van der Waals surface area contributed by atoms with Gasteiger partial charge in [0.25, 0.3) is 0 Å². The number of carbonyl (C=O) groups is 1. The summed E-state index contributed by atoms with van der Waals surface area (Å²) in [4.78, 5) is 25.8. The van der Waals surface area contributed by atoms with Crippen molar-refractivity contribution < 1.29 is 9.53 Å². The Morgan fingerprint density at radius 1 is 1.17 bits per heavy atom. The Morgan fingerprint density at radius 2 is 1.83 bits per heavy atom. The number of nitrogens with zero attached hydrogens (tertiary/aromatic N) is 4. The number of aromatic nitrogens is 2. The van der Waals surface area contributed by atoms with Gasteiger partial charge >= 0.3 is 6.09 Å². The van der Waals surface area contributed by atoms with E-state index in [4.69, 9.17) is 4.74 Å². The third-order valence-corrected chi connectivity index (χ3v) is 4.77. The van der Waals surface area contributed by atoms with Crippen molar-refractivity contribution in [2.75, 3.05) is 31.1 Å². The zero-order valence-electron chi connectivity index (χ0n) is 14.2. The van der Waals surface area contributed by atoms with Gasteiger partial charge in [0.05, 0.1) is 4.88 Å². The molecule has 0 aliphatic carbocycles. The summed E-state index contributed by atoms with van der Waals surface area (Å²) in [5.74, 6) is 0. The summed E-state index contributed by atoms with van der Waals surface area (Å²) in [6.45, 7) is 8.50. The van der Waals surface area contributed by atoms with Crippen LogP contribution >= 0.6 is 11.3 Å². The minimum atomic E-state index is -0.455. The third-order valence-electron chi connectivity index (χ3n) is 3.66. The fourth-order valence-electron chi connectivity index (χ4n) is 2.47. The van der Waals surface area contributed by atoms with Crippen molar-refractivity contribution in [2.45, 2.75) is 26.4 Å². The van der Waals surface area contributed by atoms with Crippen LogP contribution in [0.15, 0.2) is 30.7 Å². The number of pyridine rings is 1. The van der Waals surface area contributed by atoms with Crippen LogP contribution in [0.3, 0.4) is 0 Å². The second-order valence-corrected chi connectivity index (χ2v) is 7.71. The van der Waals surface area contributed by atoms with Gasteiger partial charge in [0.1, 0.15) is 5.60 Å². The largest absolute Gasteiger partial charge is 0.444 e. The summed E-state index contributed by atoms with van der Waals surface area (Å²) in [5, 5.41) is 0.991. The Kier molecular flexibility index (Phi) is 4.71. The van der Waals surface area contributed by atoms with Crippen LogP contribution in [-0.2, 0) is 4.74 Å². The molecule has 0 N–H and O–H groups in total. The van der Waals surface area contributed by atoms with Crippen molar-refractivity contribution in [3.63, 3.8) is 0 Å². The molecule has 0 bridgehead atoms. The molecule has 7 heteroatoms. The van der Waals surface area contributed by atoms with Crippen molar-refractivity contribution in [2.24, 2.45) is 0 Å². The van der Waals surface area contributed by atoms with Crippen molar-refractivity contribution in [3.05, 3.63) is 30.7 Å². The van der Waals surface area contributed by atoms with Crippen molar-refractivity contribution >= 4 is 22.6 Å². The average Bonchev–Trinajstić information content (AvgIpc) is 3.04. The molecule has 0 unspecified atom stereocenters. The third kappa shape index (κ3) is 4.03. The maximum Gasteiger partial charge on any atom is 0.410 e. The molecule has 0 saturated carbocycles. The first-order chi connectivity index (χ1) is 11.4. The summed E-state index contributed by atoms with van der Waals surface area (Å²) >= 11 is 1.66. The standard InChI is InChI=1S/C17H22N4O2S/c1-17(2,3)23-16(22)21-10-8-20(9-11-21)15-19-12-14(24-15)13-4-6-18-7-5-13/h4-7,12H,8-11H2,1-3H3. The van der Waals surface area contributed by atoms with Gasteiger partial charge in [0.15, 0.2) is 5.13 Å². The molecule has 0 radical (unpaired) electrons. The molecule has 3 rings (SSSR count). The first kappa shape index (κ1) is 16.7. The highest BCUT2D eigenvalue weighted by molar-refractivity contribution is 7.18. The quantitative estimate of drug-likeness (QED) is 0.835. The smallest absolute Gasteiger partial charge is 0.410 e. The molecule has 3 heterocycles. The number of hydrogen-bond acceptors (Lipinski definition) is 6. The normalized spacial score (nSPS) is 15.5. The van der Waals surface area contributed by atoms with Gasteiger partial charge in [-0.25, -0.2) is 9.78 Å². The average molecular weight is 346 g/mol. The highest BCUT2D eigenvalue weighted by Gasteiger charge is 2.26. The molecule has 2 aromatic rings. The number of carbonyl (C=O) groups excluding carboxylic acids is 1. The molecule has 6 nitrogen and oxygen atoms in total. The number of piperazine rings is 1. The maximum atomic E-state index is 12.1. The van der Waals surface area contributed by atoms with E-state index in [1.165, 1.54) is 0 Å². The number of anilines is 1. The van der Waals surface area contributed by atoms with E-state index in [0.29, 0.717) is 13.1 Å². The van der Waals surface area contributed by atoms with E-state index in [2.05, 4.69) is 14.9 Å². The molecule has 0 aromatic carbocycles. The van der Waals surface area contributed by atoms with Gasteiger partial charge in [-0.1, -0.05) is 11.3 Å². The Hall–Kier alpha value is -2.15. The lowest BCUT2D eigenvalue weighted by molar-refractivity contribution is 0.0240. The number of thiazole rings is 1. The molecule has 0 spiro atoms. The number of rotatable bonds is 2. The highest BCUT2D eigenvalue weighted by atomic mass is 32.1. The SMILES string of the molecule is CC(C)(C)OC(=O)N1CCN(c2ncc(-c3ccncc3)s2)CC1. The minimum Gasteiger partial charge on any atom is -0.444 e. The molecular formula is C17H22N4O2S. The van der Waals surface area contributed by atoms with Gasteiger partial charge in [0.2, 0.25) is 0 Å². The van der Waals surface area contributed by atoms with E-state index in [1.807, 2.05) is 39.1 Å². The van der Waals surface area contributed by atoms with Crippen LogP contribution < -0.4 is 4.90 Å². The summed E-state index contributed by atoms with van der Waals surface area (Å²) < 4.78 is 5.43. The van der Waals surface area contributed by atoms with Gasteiger partial charge in [-0.05, 0) is 38.5 Å². The lowest BCUT2D eigenvalue weighted by Crippen LogP contribution is -2.50. The van der Waals surface area contributed by atoms with E-state index < -0.39 is 5.60 Å². The summed E-state index contributed by atoms with van der Waals surface area (Å²) in [5.41, 5.74) is 0.671. The van der Waals surface area contributed by atoms with Crippen LogP contribution in [0.25, 0.3) is 10.4 Å². The van der Waals surface area contributed by atoms with Crippen LogP contribution in [0.4, 0.5) is 9.93 Å². The van der Waals surface area contributed by atoms with Crippen LogP contribution in [-0.4, -0.2) is 52.7 Å². The minimum absolute atomic E-state index is 0.237. The van der Waals surface area contributed by atoms with E-state index >= 15 is 0 Å². The van der Waals surface area contributed by atoms with Crippen LogP contribution in [0.5, 0.6) is 0 Å². The monoisotopic (exact) mass is 346 g/mol. The molecule has 1 saturated heterocycles. The predicted molar refractivity (Wildman–Crippen MR) is 95.4 cm³/mol. The molecular weight excluding hydrogens is 324 g/mol. The zero-order valence-corrected chi connectivity index (χ0v) is 15.0. The maximum absolute atomic E-state index is 12.1. The first-order valence-electron chi connectivity index (χ1n) is 8.01. The molecule has 24 heavy (non-hydrogen) atoms. The van der Waals surface area contributed by atoms with Crippen LogP contribution in [0.2, 0.25) is 0 Å². The predicted octanol–water partition coefficient (Wildman–Crippen LogP) is 3.26. The van der Waals surface area contributed by atoms with Gasteiger partial charge in [-0.2, -0.15) is 0 Å². The van der Waals surface area contributed by atoms with Crippen molar-refractivity contribution in [1.29, 1.82) is 0 Å². The fraction of sp³-hybridized carbons (Fsp3) is 0.471. The Labute approximate surface area is 146 Å². The molecule has 1 aliphatic rings. The van der Waals surface area contributed by atoms with Crippen LogP contribution in [0, 0.1) is 0 Å². The van der Waals surface area contributed by atoms with Crippen molar-refractivity contribution in [1.82, 2.24) is 14.9 Å². The van der Waals surface area contributed by atoms with Gasteiger partial charge in [0, 0.05) is 44.8 Å². The highest BCUT2D eigenvalue weighted by Crippen LogP contribution is 2.31. The Morgan fingerprint density at radius 3 is 2.46 bits per heavy atom. The zero-order chi connectivity index (χ0) is 17.2. The summed E-state index contributed by atoms with van der Waals surface area (Å²) in [7, 11) is 0. The lowest BCUT2D eigenvalue weighted by atomic mass is 10.2. The number of ether oxygens (including phenoxy) is 1. The van der Waals surface area contributed by atoms with Gasteiger partial charge in [-0.3, -0.25) is 4.98 Å². The second kappa shape index (κ2) is 6.76. The van der Waals surface area contributed by atoms with E-state index in [1.54, 1.807) is 28.6 Å². The summed E-state index contributed by atoms with van der Waals surface area (Å²) in [6.07, 6.45) is 5.23. The molecule has 128 valence electrons. The number of hydrogen-bond donors (Lipinski definition) is 0. The van der Waals surface area contributed by atoms with Gasteiger partial charge < -0.3 is 14.5 Å². The fourth-order valence-corrected chi connectivity index (χ4v) is 3.44. The molecule has 1 fully saturated rings. The Bertz CT molecular complexity index is 688. The topological polar surface area (TPSA) is 58.6 Å². The van der Waals surface area contributed by atoms with Crippen molar-refractivity contribution in [3.8, 4) is 10.4 Å².